The lowest BCUT2D eigenvalue weighted by atomic mass is 9.97. The van der Waals surface area contributed by atoms with Gasteiger partial charge in [-0.05, 0) is 63.6 Å². The number of carbonyl (C=O) groups excluding carboxylic acids is 4. The van der Waals surface area contributed by atoms with Crippen molar-refractivity contribution in [1.82, 2.24) is 4.90 Å². The normalized spacial score (nSPS) is 17.4. The maximum Gasteiger partial charge on any atom is 0.306 e. The van der Waals surface area contributed by atoms with Crippen molar-refractivity contribution in [3.8, 4) is 0 Å². The van der Waals surface area contributed by atoms with Crippen LogP contribution >= 0.6 is 0 Å². The van der Waals surface area contributed by atoms with Crippen molar-refractivity contribution in [3.63, 3.8) is 0 Å². The van der Waals surface area contributed by atoms with E-state index in [1.54, 1.807) is 20.8 Å². The van der Waals surface area contributed by atoms with E-state index < -0.39 is 23.5 Å². The summed E-state index contributed by atoms with van der Waals surface area (Å²) >= 11 is 0. The van der Waals surface area contributed by atoms with Gasteiger partial charge in [-0.3, -0.25) is 19.2 Å². The summed E-state index contributed by atoms with van der Waals surface area (Å²) in [6.45, 7) is 9.08. The first kappa shape index (κ1) is 25.5. The molecule has 0 unspecified atom stereocenters. The average molecular weight is 474 g/mol. The molecule has 2 N–H and O–H groups in total. The van der Waals surface area contributed by atoms with Gasteiger partial charge in [0, 0.05) is 44.2 Å². The number of nitrogens with zero attached hydrogens (tertiary/aromatic N) is 2. The van der Waals surface area contributed by atoms with Crippen molar-refractivity contribution < 1.29 is 28.7 Å². The van der Waals surface area contributed by atoms with E-state index in [2.05, 4.69) is 4.90 Å². The molecule has 2 amide bonds. The Balaban J connectivity index is 1.63. The number of hydrogen-bond donors (Lipinski definition) is 1. The number of benzene rings is 1. The third-order valence-electron chi connectivity index (χ3n) is 6.17. The Morgan fingerprint density at radius 3 is 2.44 bits per heavy atom. The van der Waals surface area contributed by atoms with E-state index in [4.69, 9.17) is 15.2 Å². The van der Waals surface area contributed by atoms with Crippen molar-refractivity contribution in [1.29, 1.82) is 0 Å². The third kappa shape index (κ3) is 6.48. The van der Waals surface area contributed by atoms with E-state index >= 15 is 0 Å². The summed E-state index contributed by atoms with van der Waals surface area (Å²) in [7, 11) is 0. The zero-order valence-electron chi connectivity index (χ0n) is 20.5. The van der Waals surface area contributed by atoms with Crippen molar-refractivity contribution in [2.45, 2.75) is 71.6 Å². The summed E-state index contributed by atoms with van der Waals surface area (Å²) in [5.41, 5.74) is 7.33. The molecule has 2 heterocycles. The van der Waals surface area contributed by atoms with Gasteiger partial charge < -0.3 is 25.0 Å². The highest BCUT2D eigenvalue weighted by molar-refractivity contribution is 6.01. The van der Waals surface area contributed by atoms with Gasteiger partial charge in [0.15, 0.2) is 0 Å². The minimum Gasteiger partial charge on any atom is -0.466 e. The number of rotatable bonds is 8. The minimum absolute atomic E-state index is 0.00145. The zero-order valence-corrected chi connectivity index (χ0v) is 20.5. The molecule has 9 nitrogen and oxygen atoms in total. The molecule has 2 aliphatic rings. The summed E-state index contributed by atoms with van der Waals surface area (Å²) in [5, 5.41) is 0. The van der Waals surface area contributed by atoms with Gasteiger partial charge >= 0.3 is 11.9 Å². The molecule has 1 aromatic carbocycles. The van der Waals surface area contributed by atoms with E-state index in [1.165, 1.54) is 11.8 Å². The van der Waals surface area contributed by atoms with Gasteiger partial charge in [0.1, 0.15) is 11.6 Å². The summed E-state index contributed by atoms with van der Waals surface area (Å²) in [6, 6.07) is 4.89. The zero-order chi connectivity index (χ0) is 25.0. The largest absolute Gasteiger partial charge is 0.466 e. The number of carbonyl (C=O) groups is 4. The number of nitrogens with two attached hydrogens (primary N) is 1. The molecule has 9 heteroatoms. The van der Waals surface area contributed by atoms with Crippen LogP contribution in [-0.4, -0.2) is 60.0 Å². The molecule has 0 aromatic heterocycles. The number of anilines is 1. The van der Waals surface area contributed by atoms with Crippen molar-refractivity contribution >= 4 is 29.4 Å². The maximum atomic E-state index is 13.2. The average Bonchev–Trinajstić information content (AvgIpc) is 3.07. The predicted octanol–water partition coefficient (Wildman–Crippen LogP) is 2.40. The van der Waals surface area contributed by atoms with Crippen molar-refractivity contribution in [2.75, 3.05) is 24.6 Å². The molecule has 0 saturated carbocycles. The number of fused-ring (bicyclic) bond motifs is 1. The summed E-state index contributed by atoms with van der Waals surface area (Å²) in [4.78, 5) is 52.2. The highest BCUT2D eigenvalue weighted by Gasteiger charge is 2.36. The molecular weight excluding hydrogens is 438 g/mol. The Bertz CT molecular complexity index is 946. The topological polar surface area (TPSA) is 119 Å². The van der Waals surface area contributed by atoms with E-state index in [1.807, 2.05) is 18.2 Å². The van der Waals surface area contributed by atoms with E-state index in [0.717, 1.165) is 37.2 Å². The molecule has 1 fully saturated rings. The SMILES string of the molecule is CC(=O)OCC1CCN(c2ccc3c(c2)C(=O)N([C@@H](CCC(=O)OC(C)(C)C)C(N)=O)C3)CC1. The molecule has 0 spiro atoms. The van der Waals surface area contributed by atoms with Gasteiger partial charge in [0.2, 0.25) is 5.91 Å². The smallest absolute Gasteiger partial charge is 0.306 e. The van der Waals surface area contributed by atoms with E-state index in [-0.39, 0.29) is 31.3 Å². The lowest BCUT2D eigenvalue weighted by molar-refractivity contribution is -0.155. The Labute approximate surface area is 200 Å². The standard InChI is InChI=1S/C25H35N3O6/c1-16(29)33-15-17-9-11-27(12-10-17)19-6-5-18-14-28(24(32)20(18)13-19)21(23(26)31)7-8-22(30)34-25(2,3)4/h5-6,13,17,21H,7-12,14-15H2,1-4H3,(H2,26,31)/t21-/m0/s1. The molecule has 34 heavy (non-hydrogen) atoms. The van der Waals surface area contributed by atoms with Gasteiger partial charge in [0.05, 0.1) is 6.61 Å². The fraction of sp³-hybridized carbons (Fsp3) is 0.600. The number of hydrogen-bond acceptors (Lipinski definition) is 7. The molecule has 1 saturated heterocycles. The van der Waals surface area contributed by atoms with Crippen LogP contribution in [0, 0.1) is 5.92 Å². The first-order valence-electron chi connectivity index (χ1n) is 11.8. The maximum absolute atomic E-state index is 13.2. The Morgan fingerprint density at radius 1 is 1.18 bits per heavy atom. The van der Waals surface area contributed by atoms with Crippen LogP contribution in [0.5, 0.6) is 0 Å². The summed E-state index contributed by atoms with van der Waals surface area (Å²) in [5.74, 6) is -1.24. The first-order valence-corrected chi connectivity index (χ1v) is 11.8. The van der Waals surface area contributed by atoms with E-state index in [9.17, 15) is 19.2 Å². The van der Waals surface area contributed by atoms with Gasteiger partial charge in [-0.25, -0.2) is 0 Å². The van der Waals surface area contributed by atoms with Crippen LogP contribution in [0.1, 0.15) is 69.3 Å². The quantitative estimate of drug-likeness (QED) is 0.576. The molecule has 1 aromatic rings. The summed E-state index contributed by atoms with van der Waals surface area (Å²) in [6.07, 6.45) is 1.92. The Kier molecular flexibility index (Phi) is 7.84. The highest BCUT2D eigenvalue weighted by Crippen LogP contribution is 2.31. The van der Waals surface area contributed by atoms with E-state index in [0.29, 0.717) is 18.1 Å². The molecule has 2 aliphatic heterocycles. The van der Waals surface area contributed by atoms with Gasteiger partial charge in [-0.15, -0.1) is 0 Å². The number of esters is 2. The lowest BCUT2D eigenvalue weighted by Crippen LogP contribution is -2.45. The Hall–Kier alpha value is -3.10. The molecule has 3 rings (SSSR count). The fourth-order valence-electron chi connectivity index (χ4n) is 4.45. The van der Waals surface area contributed by atoms with Gasteiger partial charge in [-0.2, -0.15) is 0 Å². The summed E-state index contributed by atoms with van der Waals surface area (Å²) < 4.78 is 10.4. The first-order chi connectivity index (χ1) is 15.9. The fourth-order valence-corrected chi connectivity index (χ4v) is 4.45. The van der Waals surface area contributed by atoms with Crippen LogP contribution in [0.4, 0.5) is 5.69 Å². The molecular formula is C25H35N3O6. The number of piperidine rings is 1. The predicted molar refractivity (Wildman–Crippen MR) is 126 cm³/mol. The van der Waals surface area contributed by atoms with Gasteiger partial charge in [0.25, 0.3) is 5.91 Å². The van der Waals surface area contributed by atoms with Crippen LogP contribution in [0.15, 0.2) is 18.2 Å². The van der Waals surface area contributed by atoms with Crippen molar-refractivity contribution in [3.05, 3.63) is 29.3 Å². The van der Waals surface area contributed by atoms with Crippen LogP contribution in [0.25, 0.3) is 0 Å². The molecule has 186 valence electrons. The van der Waals surface area contributed by atoms with Crippen molar-refractivity contribution in [2.24, 2.45) is 11.7 Å². The number of amides is 2. The lowest BCUT2D eigenvalue weighted by Gasteiger charge is -2.33. The number of primary amides is 1. The second kappa shape index (κ2) is 10.4. The third-order valence-corrected chi connectivity index (χ3v) is 6.17. The second-order valence-corrected chi connectivity index (χ2v) is 10.1. The monoisotopic (exact) mass is 473 g/mol. The molecule has 0 aliphatic carbocycles. The van der Waals surface area contributed by atoms with Crippen LogP contribution in [-0.2, 0) is 30.4 Å². The Morgan fingerprint density at radius 2 is 1.85 bits per heavy atom. The molecule has 1 atom stereocenters. The molecule has 0 bridgehead atoms. The second-order valence-electron chi connectivity index (χ2n) is 10.1. The van der Waals surface area contributed by atoms with Gasteiger partial charge in [-0.1, -0.05) is 6.07 Å². The minimum atomic E-state index is -0.882. The van der Waals surface area contributed by atoms with Crippen LogP contribution < -0.4 is 10.6 Å². The molecule has 0 radical (unpaired) electrons. The van der Waals surface area contributed by atoms with Crippen LogP contribution in [0.3, 0.4) is 0 Å². The highest BCUT2D eigenvalue weighted by atomic mass is 16.6. The van der Waals surface area contributed by atoms with Crippen LogP contribution in [0.2, 0.25) is 0 Å². The number of ether oxygens (including phenoxy) is 2.